The lowest BCUT2D eigenvalue weighted by atomic mass is 10.0. The number of nitrogens with one attached hydrogen (secondary N) is 1. The first kappa shape index (κ1) is 18.9. The Hall–Kier alpha value is -3.40. The van der Waals surface area contributed by atoms with Crippen molar-refractivity contribution in [3.05, 3.63) is 62.6 Å². The van der Waals surface area contributed by atoms with E-state index in [1.165, 1.54) is 0 Å². The Bertz CT molecular complexity index is 1110. The molecule has 3 heterocycles. The normalized spacial score (nSPS) is 18.5. The zero-order valence-electron chi connectivity index (χ0n) is 16.5. The molecule has 1 aromatic heterocycles. The molecular formula is C22H22N4O3. The van der Waals surface area contributed by atoms with E-state index in [0.29, 0.717) is 26.1 Å². The average molecular weight is 390 g/mol. The van der Waals surface area contributed by atoms with E-state index in [4.69, 9.17) is 5.26 Å². The fourth-order valence-electron chi connectivity index (χ4n) is 4.05. The number of nitriles is 1. The van der Waals surface area contributed by atoms with E-state index < -0.39 is 5.56 Å². The largest absolute Gasteiger partial charge is 0.338 e. The minimum absolute atomic E-state index is 0.0416. The van der Waals surface area contributed by atoms with Gasteiger partial charge in [0.15, 0.2) is 0 Å². The summed E-state index contributed by atoms with van der Waals surface area (Å²) in [5.41, 5.74) is 4.32. The molecule has 7 heteroatoms. The number of benzene rings is 1. The van der Waals surface area contributed by atoms with Crippen molar-refractivity contribution in [2.75, 3.05) is 18.0 Å². The van der Waals surface area contributed by atoms with Crippen LogP contribution in [-0.4, -0.2) is 34.8 Å². The molecule has 1 atom stereocenters. The predicted molar refractivity (Wildman–Crippen MR) is 107 cm³/mol. The summed E-state index contributed by atoms with van der Waals surface area (Å²) in [5.74, 6) is -0.482. The van der Waals surface area contributed by atoms with E-state index in [-0.39, 0.29) is 29.7 Å². The van der Waals surface area contributed by atoms with Gasteiger partial charge in [0.2, 0.25) is 11.8 Å². The number of nitrogens with zero attached hydrogens (tertiary/aromatic N) is 3. The van der Waals surface area contributed by atoms with Gasteiger partial charge < -0.3 is 14.8 Å². The Morgan fingerprint density at radius 1 is 1.21 bits per heavy atom. The number of H-pyrrole nitrogens is 1. The SMILES string of the molecule is Cc1ccc(N2C[C@H](C(=O)N3CCc4[nH]c(=O)c(C#N)cc4C3)CC2=O)cc1C. The molecule has 0 spiro atoms. The number of anilines is 1. The number of hydrogen-bond acceptors (Lipinski definition) is 4. The lowest BCUT2D eigenvalue weighted by Crippen LogP contribution is -2.41. The standard InChI is InChI=1S/C22H22N4O3/c1-13-3-4-18(7-14(13)2)26-12-17(9-20(26)27)22(29)25-6-5-19-16(11-25)8-15(10-23)21(28)24-19/h3-4,7-8,17H,5-6,9,11-12H2,1-2H3,(H,24,28)/t17-/m1/s1. The van der Waals surface area contributed by atoms with Gasteiger partial charge in [0.1, 0.15) is 11.6 Å². The fourth-order valence-corrected chi connectivity index (χ4v) is 4.05. The molecule has 0 saturated carbocycles. The smallest absolute Gasteiger partial charge is 0.266 e. The quantitative estimate of drug-likeness (QED) is 0.845. The number of carbonyl (C=O) groups is 2. The van der Waals surface area contributed by atoms with Crippen molar-refractivity contribution in [2.45, 2.75) is 33.2 Å². The molecule has 4 rings (SSSR count). The third kappa shape index (κ3) is 3.42. The summed E-state index contributed by atoms with van der Waals surface area (Å²) in [6.45, 7) is 5.23. The maximum absolute atomic E-state index is 13.1. The van der Waals surface area contributed by atoms with E-state index in [1.807, 2.05) is 38.1 Å². The number of fused-ring (bicyclic) bond motifs is 1. The highest BCUT2D eigenvalue weighted by Crippen LogP contribution is 2.29. The van der Waals surface area contributed by atoms with E-state index in [2.05, 4.69) is 4.98 Å². The van der Waals surface area contributed by atoms with Gasteiger partial charge in [-0.15, -0.1) is 0 Å². The molecule has 1 aromatic carbocycles. The Morgan fingerprint density at radius 3 is 2.72 bits per heavy atom. The summed E-state index contributed by atoms with van der Waals surface area (Å²) in [5, 5.41) is 9.08. The summed E-state index contributed by atoms with van der Waals surface area (Å²) < 4.78 is 0. The minimum atomic E-state index is -0.392. The molecule has 1 fully saturated rings. The van der Waals surface area contributed by atoms with Crippen LogP contribution in [0.4, 0.5) is 5.69 Å². The molecular weight excluding hydrogens is 368 g/mol. The van der Waals surface area contributed by atoms with Crippen LogP contribution in [0.3, 0.4) is 0 Å². The van der Waals surface area contributed by atoms with Gasteiger partial charge in [0.05, 0.1) is 5.92 Å². The first-order chi connectivity index (χ1) is 13.9. The molecule has 7 nitrogen and oxygen atoms in total. The molecule has 29 heavy (non-hydrogen) atoms. The van der Waals surface area contributed by atoms with Crippen LogP contribution in [0.5, 0.6) is 0 Å². The molecule has 0 aliphatic carbocycles. The van der Waals surface area contributed by atoms with Gasteiger partial charge in [0.25, 0.3) is 5.56 Å². The maximum Gasteiger partial charge on any atom is 0.266 e. The van der Waals surface area contributed by atoms with Gasteiger partial charge in [-0.05, 0) is 48.7 Å². The highest BCUT2D eigenvalue weighted by atomic mass is 16.2. The first-order valence-electron chi connectivity index (χ1n) is 9.69. The monoisotopic (exact) mass is 390 g/mol. The second-order valence-electron chi connectivity index (χ2n) is 7.81. The Kier molecular flexibility index (Phi) is 4.71. The average Bonchev–Trinajstić information content (AvgIpc) is 3.10. The third-order valence-electron chi connectivity index (χ3n) is 5.92. The number of amides is 2. The number of hydrogen-bond donors (Lipinski definition) is 1. The summed E-state index contributed by atoms with van der Waals surface area (Å²) >= 11 is 0. The lowest BCUT2D eigenvalue weighted by molar-refractivity contribution is -0.136. The molecule has 2 aromatic rings. The fraction of sp³-hybridized carbons (Fsp3) is 0.364. The van der Waals surface area contributed by atoms with Crippen molar-refractivity contribution in [1.82, 2.24) is 9.88 Å². The Labute approximate surface area is 168 Å². The second kappa shape index (κ2) is 7.21. The van der Waals surface area contributed by atoms with Crippen LogP contribution in [0, 0.1) is 31.1 Å². The van der Waals surface area contributed by atoms with Crippen molar-refractivity contribution in [3.63, 3.8) is 0 Å². The topological polar surface area (TPSA) is 97.3 Å². The predicted octanol–water partition coefficient (Wildman–Crippen LogP) is 1.80. The van der Waals surface area contributed by atoms with Crippen LogP contribution >= 0.6 is 0 Å². The minimum Gasteiger partial charge on any atom is -0.338 e. The summed E-state index contributed by atoms with van der Waals surface area (Å²) in [7, 11) is 0. The lowest BCUT2D eigenvalue weighted by Gasteiger charge is -2.30. The van der Waals surface area contributed by atoms with Crippen LogP contribution in [0.1, 0.15) is 34.4 Å². The Morgan fingerprint density at radius 2 is 2.00 bits per heavy atom. The molecule has 0 bridgehead atoms. The van der Waals surface area contributed by atoms with Crippen LogP contribution in [0.25, 0.3) is 0 Å². The maximum atomic E-state index is 13.1. The zero-order chi connectivity index (χ0) is 20.7. The van der Waals surface area contributed by atoms with Crippen molar-refractivity contribution in [2.24, 2.45) is 5.92 Å². The van der Waals surface area contributed by atoms with E-state index in [0.717, 1.165) is 28.1 Å². The molecule has 148 valence electrons. The molecule has 1 N–H and O–H groups in total. The molecule has 0 unspecified atom stereocenters. The van der Waals surface area contributed by atoms with Gasteiger partial charge >= 0.3 is 0 Å². The molecule has 1 saturated heterocycles. The molecule has 0 radical (unpaired) electrons. The van der Waals surface area contributed by atoms with Crippen LogP contribution in [0.2, 0.25) is 0 Å². The van der Waals surface area contributed by atoms with Gasteiger partial charge in [-0.1, -0.05) is 6.07 Å². The number of aromatic amines is 1. The summed E-state index contributed by atoms with van der Waals surface area (Å²) in [4.78, 5) is 43.6. The van der Waals surface area contributed by atoms with Gasteiger partial charge in [-0.3, -0.25) is 14.4 Å². The van der Waals surface area contributed by atoms with E-state index in [9.17, 15) is 14.4 Å². The highest BCUT2D eigenvalue weighted by Gasteiger charge is 2.38. The number of pyridine rings is 1. The Balaban J connectivity index is 1.51. The van der Waals surface area contributed by atoms with Crippen LogP contribution < -0.4 is 10.5 Å². The van der Waals surface area contributed by atoms with E-state index >= 15 is 0 Å². The number of aromatic nitrogens is 1. The zero-order valence-corrected chi connectivity index (χ0v) is 16.5. The summed E-state index contributed by atoms with van der Waals surface area (Å²) in [6.07, 6.45) is 0.730. The van der Waals surface area contributed by atoms with E-state index in [1.54, 1.807) is 15.9 Å². The molecule has 2 aliphatic heterocycles. The number of rotatable bonds is 2. The van der Waals surface area contributed by atoms with Gasteiger partial charge in [-0.2, -0.15) is 5.26 Å². The van der Waals surface area contributed by atoms with Crippen molar-refractivity contribution in [1.29, 1.82) is 5.26 Å². The first-order valence-corrected chi connectivity index (χ1v) is 9.69. The third-order valence-corrected chi connectivity index (χ3v) is 5.92. The number of carbonyl (C=O) groups excluding carboxylic acids is 2. The molecule has 2 aliphatic rings. The second-order valence-corrected chi connectivity index (χ2v) is 7.81. The van der Waals surface area contributed by atoms with Gasteiger partial charge in [0, 0.05) is 43.9 Å². The van der Waals surface area contributed by atoms with Crippen molar-refractivity contribution < 1.29 is 9.59 Å². The van der Waals surface area contributed by atoms with Crippen molar-refractivity contribution in [3.8, 4) is 6.07 Å². The summed E-state index contributed by atoms with van der Waals surface area (Å²) in [6, 6.07) is 9.34. The van der Waals surface area contributed by atoms with Crippen LogP contribution in [0.15, 0.2) is 29.1 Å². The van der Waals surface area contributed by atoms with Crippen LogP contribution in [-0.2, 0) is 22.6 Å². The van der Waals surface area contributed by atoms with Gasteiger partial charge in [-0.25, -0.2) is 0 Å². The van der Waals surface area contributed by atoms with Crippen molar-refractivity contribution >= 4 is 17.5 Å². The molecule has 2 amide bonds. The number of aryl methyl sites for hydroxylation is 2. The highest BCUT2D eigenvalue weighted by molar-refractivity contribution is 6.00.